The Hall–Kier alpha value is -0.280. The van der Waals surface area contributed by atoms with Gasteiger partial charge in [-0.25, -0.2) is 10.1 Å². The molecule has 2 saturated heterocycles. The lowest BCUT2D eigenvalue weighted by Gasteiger charge is -2.29. The Morgan fingerprint density at radius 3 is 2.21 bits per heavy atom. The molecular formula is C7H12O7. The Morgan fingerprint density at radius 2 is 1.64 bits per heavy atom. The maximum atomic E-state index is 9.80. The molecule has 7 nitrogen and oxygen atoms in total. The minimum atomic E-state index is -1.66. The summed E-state index contributed by atoms with van der Waals surface area (Å²) in [5.41, 5.74) is 0. The molecular weight excluding hydrogens is 196 g/mol. The molecule has 0 radical (unpaired) electrons. The molecule has 0 aromatic carbocycles. The van der Waals surface area contributed by atoms with Crippen LogP contribution < -0.4 is 0 Å². The molecule has 0 aromatic rings. The van der Waals surface area contributed by atoms with E-state index in [9.17, 15) is 5.11 Å². The maximum absolute atomic E-state index is 9.80. The first-order valence-electron chi connectivity index (χ1n) is 4.13. The van der Waals surface area contributed by atoms with Crippen molar-refractivity contribution in [1.29, 1.82) is 0 Å². The highest BCUT2D eigenvalue weighted by Crippen LogP contribution is 2.53. The SMILES string of the molecule is C[C@@]12OO[C@](C)(OO)[C@@H]1[C@@](C)(O)OO2. The molecule has 0 amide bonds. The zero-order chi connectivity index (χ0) is 10.6. The van der Waals surface area contributed by atoms with Gasteiger partial charge in [-0.05, 0) is 20.8 Å². The highest BCUT2D eigenvalue weighted by Gasteiger charge is 2.72. The molecule has 82 valence electrons. The molecule has 14 heavy (non-hydrogen) atoms. The maximum Gasteiger partial charge on any atom is 0.244 e. The first-order valence-corrected chi connectivity index (χ1v) is 4.13. The molecule has 0 aliphatic carbocycles. The van der Waals surface area contributed by atoms with Gasteiger partial charge < -0.3 is 5.11 Å². The second-order valence-electron chi connectivity index (χ2n) is 3.94. The van der Waals surface area contributed by atoms with E-state index in [0.29, 0.717) is 0 Å². The predicted octanol–water partition coefficient (Wildman–Crippen LogP) is 0.157. The molecule has 2 aliphatic heterocycles. The average molecular weight is 208 g/mol. The Bertz CT molecular complexity index is 254. The van der Waals surface area contributed by atoms with Crippen LogP contribution in [0.25, 0.3) is 0 Å². The van der Waals surface area contributed by atoms with Crippen molar-refractivity contribution < 1.29 is 34.8 Å². The minimum absolute atomic E-state index is 0.840. The number of aliphatic hydroxyl groups is 1. The van der Waals surface area contributed by atoms with E-state index in [0.717, 1.165) is 0 Å². The van der Waals surface area contributed by atoms with Gasteiger partial charge in [0.1, 0.15) is 5.92 Å². The van der Waals surface area contributed by atoms with Crippen LogP contribution in [0.4, 0.5) is 0 Å². The third kappa shape index (κ3) is 1.12. The van der Waals surface area contributed by atoms with E-state index in [-0.39, 0.29) is 0 Å². The molecule has 0 aromatic heterocycles. The fourth-order valence-electron chi connectivity index (χ4n) is 2.06. The predicted molar refractivity (Wildman–Crippen MR) is 39.0 cm³/mol. The standard InChI is InChI=1S/C7H12O7/c1-5(8)4-6(2,10-9)12-14-7(4,3)13-11-5/h4,8-9H,1-3H3/t4-,5-,6-,7+/m0/s1. The van der Waals surface area contributed by atoms with Crippen LogP contribution in [0.15, 0.2) is 0 Å². The highest BCUT2D eigenvalue weighted by atomic mass is 17.4. The van der Waals surface area contributed by atoms with Crippen molar-refractivity contribution in [2.45, 2.75) is 38.1 Å². The lowest BCUT2D eigenvalue weighted by atomic mass is 9.86. The summed E-state index contributed by atoms with van der Waals surface area (Å²) in [6.45, 7) is 4.26. The molecule has 0 saturated carbocycles. The van der Waals surface area contributed by atoms with E-state index in [1.165, 1.54) is 20.8 Å². The molecule has 4 atom stereocenters. The average Bonchev–Trinajstić information content (AvgIpc) is 2.51. The van der Waals surface area contributed by atoms with E-state index < -0.39 is 23.3 Å². The van der Waals surface area contributed by atoms with E-state index in [4.69, 9.17) is 19.9 Å². The fourth-order valence-corrected chi connectivity index (χ4v) is 2.06. The van der Waals surface area contributed by atoms with Gasteiger partial charge in [0.05, 0.1) is 0 Å². The van der Waals surface area contributed by atoms with Gasteiger partial charge in [0.2, 0.25) is 17.4 Å². The molecule has 0 spiro atoms. The van der Waals surface area contributed by atoms with Gasteiger partial charge in [-0.3, -0.25) is 0 Å². The second kappa shape index (κ2) is 2.64. The highest BCUT2D eigenvalue weighted by molar-refractivity contribution is 4.97. The van der Waals surface area contributed by atoms with Crippen LogP contribution in [0.1, 0.15) is 20.8 Å². The third-order valence-electron chi connectivity index (χ3n) is 2.51. The topological polar surface area (TPSA) is 86.6 Å². The smallest absolute Gasteiger partial charge is 0.244 e. The summed E-state index contributed by atoms with van der Waals surface area (Å²) >= 11 is 0. The van der Waals surface area contributed by atoms with Crippen LogP contribution in [0.2, 0.25) is 0 Å². The van der Waals surface area contributed by atoms with E-state index in [1.54, 1.807) is 0 Å². The van der Waals surface area contributed by atoms with Crippen LogP contribution >= 0.6 is 0 Å². The summed E-state index contributed by atoms with van der Waals surface area (Å²) in [4.78, 5) is 23.2. The van der Waals surface area contributed by atoms with Crippen molar-refractivity contribution in [3.63, 3.8) is 0 Å². The van der Waals surface area contributed by atoms with E-state index in [1.807, 2.05) is 0 Å². The van der Waals surface area contributed by atoms with Gasteiger partial charge in [-0.2, -0.15) is 19.6 Å². The van der Waals surface area contributed by atoms with Gasteiger partial charge in [-0.1, -0.05) is 0 Å². The summed E-state index contributed by atoms with van der Waals surface area (Å²) in [5, 5.41) is 18.5. The van der Waals surface area contributed by atoms with Gasteiger partial charge in [-0.15, -0.1) is 0 Å². The number of rotatable bonds is 1. The normalized spacial score (nSPS) is 57.6. The summed E-state index contributed by atoms with van der Waals surface area (Å²) < 4.78 is 0. The number of hydrogen-bond donors (Lipinski definition) is 2. The van der Waals surface area contributed by atoms with Crippen LogP contribution in [0.5, 0.6) is 0 Å². The Balaban J connectivity index is 2.38. The zero-order valence-electron chi connectivity index (χ0n) is 8.01. The summed E-state index contributed by atoms with van der Waals surface area (Å²) in [5.74, 6) is -5.34. The zero-order valence-corrected chi connectivity index (χ0v) is 8.01. The molecule has 0 unspecified atom stereocenters. The van der Waals surface area contributed by atoms with Crippen molar-refractivity contribution >= 4 is 0 Å². The summed E-state index contributed by atoms with van der Waals surface area (Å²) in [7, 11) is 0. The van der Waals surface area contributed by atoms with Gasteiger partial charge in [0, 0.05) is 0 Å². The van der Waals surface area contributed by atoms with Crippen molar-refractivity contribution in [1.82, 2.24) is 0 Å². The summed E-state index contributed by atoms with van der Waals surface area (Å²) in [6.07, 6.45) is 0. The van der Waals surface area contributed by atoms with Gasteiger partial charge in [0.25, 0.3) is 0 Å². The number of hydrogen-bond acceptors (Lipinski definition) is 7. The molecule has 2 fully saturated rings. The second-order valence-corrected chi connectivity index (χ2v) is 3.94. The van der Waals surface area contributed by atoms with Crippen molar-refractivity contribution in [2.75, 3.05) is 0 Å². The van der Waals surface area contributed by atoms with E-state index in [2.05, 4.69) is 9.78 Å². The molecule has 2 rings (SSSR count). The van der Waals surface area contributed by atoms with Crippen molar-refractivity contribution in [3.05, 3.63) is 0 Å². The monoisotopic (exact) mass is 208 g/mol. The van der Waals surface area contributed by atoms with E-state index >= 15 is 0 Å². The van der Waals surface area contributed by atoms with Crippen LogP contribution in [-0.4, -0.2) is 27.7 Å². The quantitative estimate of drug-likeness (QED) is 0.468. The van der Waals surface area contributed by atoms with Crippen molar-refractivity contribution in [2.24, 2.45) is 5.92 Å². The summed E-state index contributed by atoms with van der Waals surface area (Å²) in [6, 6.07) is 0. The third-order valence-corrected chi connectivity index (χ3v) is 2.51. The first kappa shape index (κ1) is 10.2. The fraction of sp³-hybridized carbons (Fsp3) is 1.00. The van der Waals surface area contributed by atoms with Crippen LogP contribution in [-0.2, 0) is 24.4 Å². The lowest BCUT2D eigenvalue weighted by Crippen LogP contribution is -2.50. The van der Waals surface area contributed by atoms with Gasteiger partial charge in [0.15, 0.2) is 0 Å². The Labute approximate surface area is 79.9 Å². The molecule has 2 aliphatic rings. The molecule has 2 N–H and O–H groups in total. The lowest BCUT2D eigenvalue weighted by molar-refractivity contribution is -0.530. The number of fused-ring (bicyclic) bond motifs is 1. The van der Waals surface area contributed by atoms with Crippen LogP contribution in [0.3, 0.4) is 0 Å². The first-order chi connectivity index (χ1) is 6.34. The van der Waals surface area contributed by atoms with Crippen LogP contribution in [0, 0.1) is 5.92 Å². The largest absolute Gasteiger partial charge is 0.363 e. The minimum Gasteiger partial charge on any atom is -0.363 e. The Morgan fingerprint density at radius 1 is 1.07 bits per heavy atom. The molecule has 7 heteroatoms. The van der Waals surface area contributed by atoms with Gasteiger partial charge >= 0.3 is 0 Å². The Kier molecular flexibility index (Phi) is 1.93. The molecule has 2 heterocycles. The van der Waals surface area contributed by atoms with Crippen molar-refractivity contribution in [3.8, 4) is 0 Å². The molecule has 0 bridgehead atoms.